The Hall–Kier alpha value is -3.90. The van der Waals surface area contributed by atoms with Gasteiger partial charge in [-0.05, 0) is 54.7 Å². The van der Waals surface area contributed by atoms with Gasteiger partial charge < -0.3 is 19.9 Å². The van der Waals surface area contributed by atoms with Gasteiger partial charge in [0.15, 0.2) is 0 Å². The SMILES string of the molecule is CCC/C=C/c1ccc(COc2ccc(COC(=O)[C@H](N)CC(=O)OC(C)(C)c3ccccc3)cc2)cc1. The van der Waals surface area contributed by atoms with E-state index in [4.69, 9.17) is 19.9 Å². The first-order valence-corrected chi connectivity index (χ1v) is 12.9. The molecule has 2 N–H and O–H groups in total. The molecule has 38 heavy (non-hydrogen) atoms. The van der Waals surface area contributed by atoms with E-state index >= 15 is 0 Å². The number of hydrogen-bond acceptors (Lipinski definition) is 6. The molecule has 0 heterocycles. The molecule has 0 saturated carbocycles. The van der Waals surface area contributed by atoms with Gasteiger partial charge in [-0.3, -0.25) is 9.59 Å². The Morgan fingerprint density at radius 1 is 0.895 bits per heavy atom. The third kappa shape index (κ3) is 9.20. The van der Waals surface area contributed by atoms with E-state index in [0.717, 1.165) is 29.5 Å². The molecule has 0 aliphatic heterocycles. The lowest BCUT2D eigenvalue weighted by Gasteiger charge is -2.26. The highest BCUT2D eigenvalue weighted by Gasteiger charge is 2.28. The fraction of sp³-hybridized carbons (Fsp3) is 0.312. The van der Waals surface area contributed by atoms with Crippen molar-refractivity contribution >= 4 is 18.0 Å². The highest BCUT2D eigenvalue weighted by Crippen LogP contribution is 2.25. The van der Waals surface area contributed by atoms with E-state index in [2.05, 4.69) is 43.3 Å². The van der Waals surface area contributed by atoms with Crippen molar-refractivity contribution in [2.75, 3.05) is 0 Å². The van der Waals surface area contributed by atoms with Crippen LogP contribution in [0.3, 0.4) is 0 Å². The number of benzene rings is 3. The molecule has 3 aromatic rings. The van der Waals surface area contributed by atoms with Gasteiger partial charge >= 0.3 is 11.9 Å². The molecule has 0 saturated heterocycles. The number of esters is 2. The summed E-state index contributed by atoms with van der Waals surface area (Å²) < 4.78 is 16.7. The first-order valence-electron chi connectivity index (χ1n) is 12.9. The minimum atomic E-state index is -1.11. The Morgan fingerprint density at radius 3 is 2.18 bits per heavy atom. The van der Waals surface area contributed by atoms with E-state index in [9.17, 15) is 9.59 Å². The summed E-state index contributed by atoms with van der Waals surface area (Å²) in [5.74, 6) is -0.507. The summed E-state index contributed by atoms with van der Waals surface area (Å²) in [7, 11) is 0. The van der Waals surface area contributed by atoms with Gasteiger partial charge in [0.05, 0.1) is 6.42 Å². The number of carbonyl (C=O) groups is 2. The van der Waals surface area contributed by atoms with Gasteiger partial charge in [0.1, 0.15) is 30.6 Å². The molecule has 3 aromatic carbocycles. The smallest absolute Gasteiger partial charge is 0.323 e. The van der Waals surface area contributed by atoms with Crippen LogP contribution in [0, 0.1) is 0 Å². The van der Waals surface area contributed by atoms with Gasteiger partial charge in [0, 0.05) is 0 Å². The van der Waals surface area contributed by atoms with E-state index in [1.54, 1.807) is 13.8 Å². The fourth-order valence-corrected chi connectivity index (χ4v) is 3.71. The van der Waals surface area contributed by atoms with Gasteiger partial charge in [-0.15, -0.1) is 0 Å². The lowest BCUT2D eigenvalue weighted by molar-refractivity contribution is -0.161. The van der Waals surface area contributed by atoms with E-state index in [1.807, 2.05) is 54.6 Å². The first-order chi connectivity index (χ1) is 18.3. The standard InChI is InChI=1S/C32H37NO5/c1-4-5-7-10-24-13-15-25(16-14-24)22-36-28-19-17-26(18-20-28)23-37-31(35)29(33)21-30(34)38-32(2,3)27-11-8-6-9-12-27/h6-20,29H,4-5,21-23,33H2,1-3H3/b10-7+/t29-/m1/s1. The Bertz CT molecular complexity index is 1180. The summed E-state index contributed by atoms with van der Waals surface area (Å²) in [5.41, 5.74) is 8.96. The van der Waals surface area contributed by atoms with Crippen LogP contribution in [-0.4, -0.2) is 18.0 Å². The summed E-state index contributed by atoms with van der Waals surface area (Å²) in [5, 5.41) is 0. The molecular formula is C32H37NO5. The maximum Gasteiger partial charge on any atom is 0.323 e. The highest BCUT2D eigenvalue weighted by atomic mass is 16.6. The van der Waals surface area contributed by atoms with Crippen LogP contribution < -0.4 is 10.5 Å². The molecule has 0 amide bonds. The molecule has 200 valence electrons. The van der Waals surface area contributed by atoms with Crippen molar-refractivity contribution in [1.82, 2.24) is 0 Å². The molecule has 6 heteroatoms. The van der Waals surface area contributed by atoms with Crippen LogP contribution in [0.4, 0.5) is 0 Å². The Kier molecular flexibility index (Phi) is 10.7. The molecule has 0 aliphatic carbocycles. The predicted molar refractivity (Wildman–Crippen MR) is 149 cm³/mol. The largest absolute Gasteiger partial charge is 0.489 e. The van der Waals surface area contributed by atoms with Crippen LogP contribution in [0.25, 0.3) is 6.08 Å². The molecule has 6 nitrogen and oxygen atoms in total. The van der Waals surface area contributed by atoms with Gasteiger partial charge in [0.25, 0.3) is 0 Å². The average Bonchev–Trinajstić information content (AvgIpc) is 2.92. The van der Waals surface area contributed by atoms with Crippen LogP contribution in [-0.2, 0) is 37.9 Å². The van der Waals surface area contributed by atoms with Crippen molar-refractivity contribution < 1.29 is 23.8 Å². The van der Waals surface area contributed by atoms with Crippen LogP contribution in [0.15, 0.2) is 84.9 Å². The summed E-state index contributed by atoms with van der Waals surface area (Å²) in [6, 6.07) is 23.9. The molecule has 0 radical (unpaired) electrons. The second-order valence-corrected chi connectivity index (χ2v) is 9.63. The predicted octanol–water partition coefficient (Wildman–Crippen LogP) is 6.32. The first kappa shape index (κ1) is 28.7. The zero-order valence-electron chi connectivity index (χ0n) is 22.4. The summed E-state index contributed by atoms with van der Waals surface area (Å²) in [4.78, 5) is 24.7. The van der Waals surface area contributed by atoms with Crippen molar-refractivity contribution in [1.29, 1.82) is 0 Å². The maximum absolute atomic E-state index is 12.4. The normalized spacial score (nSPS) is 12.2. The molecule has 0 aliphatic rings. The van der Waals surface area contributed by atoms with Gasteiger partial charge in [-0.1, -0.05) is 92.2 Å². The lowest BCUT2D eigenvalue weighted by atomic mass is 9.98. The number of ether oxygens (including phenoxy) is 3. The van der Waals surface area contributed by atoms with E-state index in [1.165, 1.54) is 5.56 Å². The summed E-state index contributed by atoms with van der Waals surface area (Å²) in [6.07, 6.45) is 6.26. The highest BCUT2D eigenvalue weighted by molar-refractivity contribution is 5.82. The van der Waals surface area contributed by atoms with E-state index in [-0.39, 0.29) is 13.0 Å². The van der Waals surface area contributed by atoms with Crippen LogP contribution in [0.5, 0.6) is 5.75 Å². The third-order valence-corrected chi connectivity index (χ3v) is 5.98. The van der Waals surface area contributed by atoms with Crippen molar-refractivity contribution in [3.8, 4) is 5.75 Å². The molecule has 0 spiro atoms. The molecular weight excluding hydrogens is 478 g/mol. The number of allylic oxidation sites excluding steroid dienone is 1. The second kappa shape index (κ2) is 14.1. The van der Waals surface area contributed by atoms with E-state index < -0.39 is 23.6 Å². The number of unbranched alkanes of at least 4 members (excludes halogenated alkanes) is 1. The quantitative estimate of drug-likeness (QED) is 0.268. The van der Waals surface area contributed by atoms with E-state index in [0.29, 0.717) is 12.4 Å². The Balaban J connectivity index is 1.40. The van der Waals surface area contributed by atoms with Gasteiger partial charge in [-0.25, -0.2) is 0 Å². The molecule has 3 rings (SSSR count). The second-order valence-electron chi connectivity index (χ2n) is 9.63. The Morgan fingerprint density at radius 2 is 1.53 bits per heavy atom. The number of carbonyl (C=O) groups excluding carboxylic acids is 2. The molecule has 0 aromatic heterocycles. The van der Waals surface area contributed by atoms with Crippen LogP contribution >= 0.6 is 0 Å². The van der Waals surface area contributed by atoms with Crippen molar-refractivity contribution in [2.24, 2.45) is 5.73 Å². The molecule has 0 fully saturated rings. The fourth-order valence-electron chi connectivity index (χ4n) is 3.71. The van der Waals surface area contributed by atoms with Crippen LogP contribution in [0.2, 0.25) is 0 Å². The minimum absolute atomic E-state index is 0.0460. The molecule has 1 atom stereocenters. The monoisotopic (exact) mass is 515 g/mol. The van der Waals surface area contributed by atoms with Crippen LogP contribution in [0.1, 0.15) is 62.3 Å². The summed E-state index contributed by atoms with van der Waals surface area (Å²) in [6.45, 7) is 6.25. The van der Waals surface area contributed by atoms with Crippen molar-refractivity contribution in [3.05, 3.63) is 107 Å². The number of rotatable bonds is 13. The van der Waals surface area contributed by atoms with Gasteiger partial charge in [-0.2, -0.15) is 0 Å². The van der Waals surface area contributed by atoms with Crippen molar-refractivity contribution in [2.45, 2.75) is 64.9 Å². The summed E-state index contributed by atoms with van der Waals surface area (Å²) >= 11 is 0. The molecule has 0 unspecified atom stereocenters. The zero-order valence-corrected chi connectivity index (χ0v) is 22.4. The van der Waals surface area contributed by atoms with Gasteiger partial charge in [0.2, 0.25) is 0 Å². The molecule has 0 bridgehead atoms. The lowest BCUT2D eigenvalue weighted by Crippen LogP contribution is -2.36. The number of hydrogen-bond donors (Lipinski definition) is 1. The topological polar surface area (TPSA) is 87.9 Å². The minimum Gasteiger partial charge on any atom is -0.489 e. The van der Waals surface area contributed by atoms with Crippen molar-refractivity contribution in [3.63, 3.8) is 0 Å². The maximum atomic E-state index is 12.4. The third-order valence-electron chi connectivity index (χ3n) is 5.98. The zero-order chi connectivity index (χ0) is 27.4. The number of nitrogens with two attached hydrogens (primary N) is 1. The average molecular weight is 516 g/mol. The Labute approximate surface area is 225 Å².